The molecule has 0 radical (unpaired) electrons. The predicted molar refractivity (Wildman–Crippen MR) is 56.4 cm³/mol. The van der Waals surface area contributed by atoms with Gasteiger partial charge in [-0.15, -0.1) is 0 Å². The summed E-state index contributed by atoms with van der Waals surface area (Å²) in [6, 6.07) is 7.16. The highest BCUT2D eigenvalue weighted by molar-refractivity contribution is 5.92. The maximum Gasteiger partial charge on any atom is 0.250 e. The predicted octanol–water partition coefficient (Wildman–Crippen LogP) is 1.45. The number of carbonyl (C=O) groups excluding carboxylic acids is 1. The first-order valence-electron chi connectivity index (χ1n) is 4.47. The summed E-state index contributed by atoms with van der Waals surface area (Å²) < 4.78 is 4.70. The van der Waals surface area contributed by atoms with Crippen LogP contribution in [0.2, 0.25) is 0 Å². The number of anilines is 1. The Morgan fingerprint density at radius 2 is 2.33 bits per heavy atom. The van der Waals surface area contributed by atoms with E-state index in [1.807, 2.05) is 13.0 Å². The molecule has 0 saturated carbocycles. The molecule has 0 aliphatic rings. The van der Waals surface area contributed by atoms with Crippen molar-refractivity contribution in [1.29, 1.82) is 5.26 Å². The molecule has 78 valence electrons. The molecule has 1 amide bonds. The third-order valence-electron chi connectivity index (χ3n) is 1.92. The van der Waals surface area contributed by atoms with Gasteiger partial charge in [-0.2, -0.15) is 5.26 Å². The van der Waals surface area contributed by atoms with Gasteiger partial charge in [0, 0.05) is 12.8 Å². The van der Waals surface area contributed by atoms with Crippen LogP contribution in [0, 0.1) is 18.3 Å². The van der Waals surface area contributed by atoms with Crippen LogP contribution in [0.4, 0.5) is 5.69 Å². The number of aryl methyl sites for hydroxylation is 1. The normalized spacial score (nSPS) is 9.40. The van der Waals surface area contributed by atoms with Gasteiger partial charge in [0.25, 0.3) is 0 Å². The van der Waals surface area contributed by atoms with Crippen LogP contribution in [-0.2, 0) is 9.53 Å². The Kier molecular flexibility index (Phi) is 3.83. The number of nitriles is 1. The Hall–Kier alpha value is -1.86. The molecule has 0 spiro atoms. The Morgan fingerprint density at radius 3 is 2.93 bits per heavy atom. The molecule has 0 aliphatic carbocycles. The second-order valence-corrected chi connectivity index (χ2v) is 3.12. The van der Waals surface area contributed by atoms with Crippen molar-refractivity contribution in [2.45, 2.75) is 6.92 Å². The van der Waals surface area contributed by atoms with E-state index in [0.29, 0.717) is 11.3 Å². The van der Waals surface area contributed by atoms with Crippen molar-refractivity contribution in [3.05, 3.63) is 29.3 Å². The molecule has 0 fully saturated rings. The van der Waals surface area contributed by atoms with Crippen LogP contribution in [-0.4, -0.2) is 19.6 Å². The number of amides is 1. The van der Waals surface area contributed by atoms with Gasteiger partial charge in [0.1, 0.15) is 6.61 Å². The molecule has 0 aromatic heterocycles. The van der Waals surface area contributed by atoms with Gasteiger partial charge in [-0.3, -0.25) is 4.79 Å². The lowest BCUT2D eigenvalue weighted by Crippen LogP contribution is -2.17. The lowest BCUT2D eigenvalue weighted by molar-refractivity contribution is -0.119. The zero-order valence-electron chi connectivity index (χ0n) is 8.70. The third kappa shape index (κ3) is 3.08. The topological polar surface area (TPSA) is 62.1 Å². The van der Waals surface area contributed by atoms with Crippen LogP contribution in [0.25, 0.3) is 0 Å². The number of nitrogens with one attached hydrogen (secondary N) is 1. The lowest BCUT2D eigenvalue weighted by Gasteiger charge is -2.07. The first-order chi connectivity index (χ1) is 7.17. The molecule has 0 saturated heterocycles. The Morgan fingerprint density at radius 1 is 1.60 bits per heavy atom. The maximum atomic E-state index is 11.2. The van der Waals surface area contributed by atoms with E-state index in [9.17, 15) is 4.79 Å². The number of nitrogens with zero attached hydrogens (tertiary/aromatic N) is 1. The zero-order chi connectivity index (χ0) is 11.3. The van der Waals surface area contributed by atoms with Gasteiger partial charge >= 0.3 is 0 Å². The highest BCUT2D eigenvalue weighted by Gasteiger charge is 2.04. The average Bonchev–Trinajstić information content (AvgIpc) is 2.21. The minimum Gasteiger partial charge on any atom is -0.375 e. The Bertz CT molecular complexity index is 408. The van der Waals surface area contributed by atoms with E-state index < -0.39 is 0 Å². The summed E-state index contributed by atoms with van der Waals surface area (Å²) in [5.74, 6) is -0.226. The van der Waals surface area contributed by atoms with Gasteiger partial charge in [-0.05, 0) is 24.6 Å². The maximum absolute atomic E-state index is 11.2. The van der Waals surface area contributed by atoms with E-state index in [4.69, 9.17) is 10.00 Å². The SMILES string of the molecule is COCC(=O)Nc1cc(C#N)ccc1C. The smallest absolute Gasteiger partial charge is 0.250 e. The van der Waals surface area contributed by atoms with E-state index >= 15 is 0 Å². The van der Waals surface area contributed by atoms with Crippen molar-refractivity contribution in [3.63, 3.8) is 0 Å². The van der Waals surface area contributed by atoms with E-state index in [2.05, 4.69) is 5.32 Å². The largest absolute Gasteiger partial charge is 0.375 e. The number of hydrogen-bond donors (Lipinski definition) is 1. The average molecular weight is 204 g/mol. The van der Waals surface area contributed by atoms with Crippen molar-refractivity contribution in [1.82, 2.24) is 0 Å². The van der Waals surface area contributed by atoms with Crippen LogP contribution in [0.5, 0.6) is 0 Å². The number of methoxy groups -OCH3 is 1. The van der Waals surface area contributed by atoms with Crippen molar-refractivity contribution in [2.24, 2.45) is 0 Å². The quantitative estimate of drug-likeness (QED) is 0.810. The van der Waals surface area contributed by atoms with Crippen molar-refractivity contribution in [2.75, 3.05) is 19.0 Å². The van der Waals surface area contributed by atoms with Crippen molar-refractivity contribution >= 4 is 11.6 Å². The summed E-state index contributed by atoms with van der Waals surface area (Å²) in [4.78, 5) is 11.2. The molecule has 4 heteroatoms. The van der Waals surface area contributed by atoms with Crippen LogP contribution >= 0.6 is 0 Å². The van der Waals surface area contributed by atoms with Gasteiger partial charge in [-0.1, -0.05) is 6.07 Å². The first-order valence-corrected chi connectivity index (χ1v) is 4.47. The minimum absolute atomic E-state index is 0.0101. The summed E-state index contributed by atoms with van der Waals surface area (Å²) >= 11 is 0. The fourth-order valence-corrected chi connectivity index (χ4v) is 1.14. The molecule has 0 atom stereocenters. The fourth-order valence-electron chi connectivity index (χ4n) is 1.14. The summed E-state index contributed by atoms with van der Waals surface area (Å²) in [7, 11) is 1.46. The molecule has 4 nitrogen and oxygen atoms in total. The highest BCUT2D eigenvalue weighted by atomic mass is 16.5. The number of hydrogen-bond acceptors (Lipinski definition) is 3. The Balaban J connectivity index is 2.85. The molecule has 0 aliphatic heterocycles. The van der Waals surface area contributed by atoms with E-state index in [1.54, 1.807) is 18.2 Å². The van der Waals surface area contributed by atoms with E-state index in [0.717, 1.165) is 5.56 Å². The summed E-state index contributed by atoms with van der Waals surface area (Å²) in [5.41, 5.74) is 2.09. The number of rotatable bonds is 3. The van der Waals surface area contributed by atoms with Gasteiger partial charge < -0.3 is 10.1 Å². The van der Waals surface area contributed by atoms with Gasteiger partial charge in [-0.25, -0.2) is 0 Å². The molecule has 0 unspecified atom stereocenters. The lowest BCUT2D eigenvalue weighted by atomic mass is 10.1. The van der Waals surface area contributed by atoms with Crippen LogP contribution in [0.1, 0.15) is 11.1 Å². The van der Waals surface area contributed by atoms with Gasteiger partial charge in [0.05, 0.1) is 11.6 Å². The molecule has 1 N–H and O–H groups in total. The van der Waals surface area contributed by atoms with Crippen LogP contribution in [0.3, 0.4) is 0 Å². The number of benzene rings is 1. The number of carbonyl (C=O) groups is 1. The third-order valence-corrected chi connectivity index (χ3v) is 1.92. The molecule has 15 heavy (non-hydrogen) atoms. The standard InChI is InChI=1S/C11H12N2O2/c1-8-3-4-9(6-12)5-10(8)13-11(14)7-15-2/h3-5H,7H2,1-2H3,(H,13,14). The van der Waals surface area contributed by atoms with Gasteiger partial charge in [0.2, 0.25) is 5.91 Å². The number of ether oxygens (including phenoxy) is 1. The Labute approximate surface area is 88.5 Å². The van der Waals surface area contributed by atoms with Crippen LogP contribution in [0.15, 0.2) is 18.2 Å². The van der Waals surface area contributed by atoms with Crippen molar-refractivity contribution in [3.8, 4) is 6.07 Å². The van der Waals surface area contributed by atoms with Gasteiger partial charge in [0.15, 0.2) is 0 Å². The molecule has 0 heterocycles. The van der Waals surface area contributed by atoms with Crippen LogP contribution < -0.4 is 5.32 Å². The fraction of sp³-hybridized carbons (Fsp3) is 0.273. The summed E-state index contributed by atoms with van der Waals surface area (Å²) in [6.07, 6.45) is 0. The molecule has 0 bridgehead atoms. The molecule has 1 aromatic carbocycles. The highest BCUT2D eigenvalue weighted by Crippen LogP contribution is 2.16. The molecule has 1 rings (SSSR count). The van der Waals surface area contributed by atoms with E-state index in [-0.39, 0.29) is 12.5 Å². The second kappa shape index (κ2) is 5.13. The molecular formula is C11H12N2O2. The van der Waals surface area contributed by atoms with Crippen molar-refractivity contribution < 1.29 is 9.53 Å². The van der Waals surface area contributed by atoms with E-state index in [1.165, 1.54) is 7.11 Å². The summed E-state index contributed by atoms with van der Waals surface area (Å²) in [5, 5.41) is 11.4. The summed E-state index contributed by atoms with van der Waals surface area (Å²) in [6.45, 7) is 1.87. The monoisotopic (exact) mass is 204 g/mol. The minimum atomic E-state index is -0.226. The first kappa shape index (κ1) is 11.2. The molecular weight excluding hydrogens is 192 g/mol. The second-order valence-electron chi connectivity index (χ2n) is 3.12. The zero-order valence-corrected chi connectivity index (χ0v) is 8.70. The molecule has 1 aromatic rings.